The van der Waals surface area contributed by atoms with Crippen LogP contribution in [0, 0.1) is 23.5 Å². The van der Waals surface area contributed by atoms with Crippen molar-refractivity contribution in [1.29, 1.82) is 0 Å². The lowest BCUT2D eigenvalue weighted by molar-refractivity contribution is 0.583. The van der Waals surface area contributed by atoms with E-state index in [9.17, 15) is 8.78 Å². The van der Waals surface area contributed by atoms with E-state index in [2.05, 4.69) is 21.9 Å². The lowest BCUT2D eigenvalue weighted by Crippen LogP contribution is -1.86. The zero-order valence-electron chi connectivity index (χ0n) is 7.34. The summed E-state index contributed by atoms with van der Waals surface area (Å²) in [6.07, 6.45) is 0. The number of nitrogens with zero attached hydrogens (tertiary/aromatic N) is 3. The SMILES string of the molecule is [N-]=[N+]=NCC#Cc1cc(F)c(Cl)c(F)c1. The summed E-state index contributed by atoms with van der Waals surface area (Å²) in [4.78, 5) is 2.47. The largest absolute Gasteiger partial charge is 0.205 e. The van der Waals surface area contributed by atoms with Gasteiger partial charge in [0.05, 0.1) is 6.54 Å². The molecule has 0 bridgehead atoms. The Morgan fingerprint density at radius 1 is 1.40 bits per heavy atom. The quantitative estimate of drug-likeness (QED) is 0.232. The van der Waals surface area contributed by atoms with Gasteiger partial charge in [-0.05, 0) is 17.7 Å². The summed E-state index contributed by atoms with van der Waals surface area (Å²) in [5.74, 6) is 3.12. The van der Waals surface area contributed by atoms with Crippen molar-refractivity contribution in [2.45, 2.75) is 0 Å². The molecule has 1 aromatic carbocycles. The fraction of sp³-hybridized carbons (Fsp3) is 0.111. The Bertz CT molecular complexity index is 461. The molecule has 1 rings (SSSR count). The van der Waals surface area contributed by atoms with Crippen molar-refractivity contribution in [1.82, 2.24) is 0 Å². The molecule has 0 amide bonds. The summed E-state index contributed by atoms with van der Waals surface area (Å²) < 4.78 is 25.8. The van der Waals surface area contributed by atoms with Gasteiger partial charge in [-0.1, -0.05) is 28.6 Å². The molecule has 0 heterocycles. The third-order valence-electron chi connectivity index (χ3n) is 1.43. The third-order valence-corrected chi connectivity index (χ3v) is 1.79. The molecule has 76 valence electrons. The molecule has 1 aromatic rings. The fourth-order valence-electron chi connectivity index (χ4n) is 0.836. The molecule has 3 nitrogen and oxygen atoms in total. The van der Waals surface area contributed by atoms with Crippen molar-refractivity contribution in [3.8, 4) is 11.8 Å². The number of hydrogen-bond donors (Lipinski definition) is 0. The van der Waals surface area contributed by atoms with E-state index in [1.54, 1.807) is 0 Å². The van der Waals surface area contributed by atoms with Gasteiger partial charge in [0.2, 0.25) is 0 Å². The highest BCUT2D eigenvalue weighted by Crippen LogP contribution is 2.19. The zero-order valence-corrected chi connectivity index (χ0v) is 8.09. The standard InChI is InChI=1S/C9H4ClF2N3/c10-9-7(11)4-6(5-8(9)12)2-1-3-14-15-13/h4-5H,3H2. The first-order chi connectivity index (χ1) is 7.15. The third kappa shape index (κ3) is 3.13. The Hall–Kier alpha value is -1.76. The van der Waals surface area contributed by atoms with Crippen LogP contribution in [0.1, 0.15) is 5.56 Å². The second kappa shape index (κ2) is 5.20. The van der Waals surface area contributed by atoms with E-state index >= 15 is 0 Å². The van der Waals surface area contributed by atoms with Gasteiger partial charge < -0.3 is 0 Å². The molecule has 0 atom stereocenters. The van der Waals surface area contributed by atoms with Gasteiger partial charge in [-0.3, -0.25) is 0 Å². The highest BCUT2D eigenvalue weighted by molar-refractivity contribution is 6.30. The average Bonchev–Trinajstić information content (AvgIpc) is 2.21. The Morgan fingerprint density at radius 2 is 2.00 bits per heavy atom. The smallest absolute Gasteiger partial charge is 0.146 e. The monoisotopic (exact) mass is 227 g/mol. The summed E-state index contributed by atoms with van der Waals surface area (Å²) in [5.41, 5.74) is 8.08. The van der Waals surface area contributed by atoms with Crippen molar-refractivity contribution in [3.63, 3.8) is 0 Å². The van der Waals surface area contributed by atoms with Crippen LogP contribution >= 0.6 is 11.6 Å². The number of benzene rings is 1. The van der Waals surface area contributed by atoms with E-state index in [-0.39, 0.29) is 12.1 Å². The van der Waals surface area contributed by atoms with Crippen LogP contribution in [-0.4, -0.2) is 6.54 Å². The Kier molecular flexibility index (Phi) is 3.92. The predicted molar refractivity (Wildman–Crippen MR) is 52.3 cm³/mol. The van der Waals surface area contributed by atoms with Gasteiger partial charge in [0, 0.05) is 10.5 Å². The molecule has 0 radical (unpaired) electrons. The van der Waals surface area contributed by atoms with Gasteiger partial charge >= 0.3 is 0 Å². The van der Waals surface area contributed by atoms with Crippen LogP contribution < -0.4 is 0 Å². The van der Waals surface area contributed by atoms with Crippen LogP contribution in [0.25, 0.3) is 10.4 Å². The predicted octanol–water partition coefficient (Wildman–Crippen LogP) is 3.28. The van der Waals surface area contributed by atoms with Gasteiger partial charge in [0.1, 0.15) is 16.7 Å². The maximum atomic E-state index is 12.9. The maximum absolute atomic E-state index is 12.9. The van der Waals surface area contributed by atoms with Gasteiger partial charge in [-0.2, -0.15) is 0 Å². The molecule has 0 aliphatic carbocycles. The second-order valence-corrected chi connectivity index (χ2v) is 2.82. The molecule has 0 saturated heterocycles. The molecule has 0 fully saturated rings. The minimum atomic E-state index is -0.871. The topological polar surface area (TPSA) is 48.8 Å². The van der Waals surface area contributed by atoms with Gasteiger partial charge in [-0.15, -0.1) is 0 Å². The van der Waals surface area contributed by atoms with Crippen LogP contribution in [0.5, 0.6) is 0 Å². The van der Waals surface area contributed by atoms with Crippen molar-refractivity contribution >= 4 is 11.6 Å². The lowest BCUT2D eigenvalue weighted by Gasteiger charge is -1.96. The van der Waals surface area contributed by atoms with E-state index in [4.69, 9.17) is 17.1 Å². The summed E-state index contributed by atoms with van der Waals surface area (Å²) in [6.45, 7) is -0.0532. The Morgan fingerprint density at radius 3 is 2.53 bits per heavy atom. The fourth-order valence-corrected chi connectivity index (χ4v) is 0.945. The highest BCUT2D eigenvalue weighted by Gasteiger charge is 2.06. The minimum Gasteiger partial charge on any atom is -0.205 e. The van der Waals surface area contributed by atoms with Gasteiger partial charge in [0.25, 0.3) is 0 Å². The summed E-state index contributed by atoms with van der Waals surface area (Å²) in [5, 5.41) is 2.58. The first-order valence-electron chi connectivity index (χ1n) is 3.79. The van der Waals surface area contributed by atoms with E-state index in [1.807, 2.05) is 0 Å². The number of rotatable bonds is 1. The molecule has 0 spiro atoms. The van der Waals surface area contributed by atoms with Gasteiger partial charge in [0.15, 0.2) is 0 Å². The van der Waals surface area contributed by atoms with Gasteiger partial charge in [-0.25, -0.2) is 8.78 Å². The minimum absolute atomic E-state index is 0.0532. The first kappa shape index (κ1) is 11.3. The van der Waals surface area contributed by atoms with E-state index in [0.717, 1.165) is 12.1 Å². The molecule has 0 aliphatic rings. The lowest BCUT2D eigenvalue weighted by atomic mass is 10.2. The Labute approximate surface area is 89.3 Å². The molecule has 6 heteroatoms. The van der Waals surface area contributed by atoms with Crippen molar-refractivity contribution in [3.05, 3.63) is 44.8 Å². The van der Waals surface area contributed by atoms with Crippen LogP contribution in [0.3, 0.4) is 0 Å². The molecule has 15 heavy (non-hydrogen) atoms. The molecule has 0 aromatic heterocycles. The molecule has 0 unspecified atom stereocenters. The highest BCUT2D eigenvalue weighted by atomic mass is 35.5. The molecular weight excluding hydrogens is 224 g/mol. The van der Waals surface area contributed by atoms with Crippen molar-refractivity contribution in [2.75, 3.05) is 6.54 Å². The second-order valence-electron chi connectivity index (χ2n) is 2.44. The zero-order chi connectivity index (χ0) is 11.3. The number of azide groups is 1. The van der Waals surface area contributed by atoms with Crippen LogP contribution in [0.15, 0.2) is 17.2 Å². The summed E-state index contributed by atoms with van der Waals surface area (Å²) in [7, 11) is 0. The average molecular weight is 228 g/mol. The molecule has 0 N–H and O–H groups in total. The van der Waals surface area contributed by atoms with Crippen molar-refractivity contribution < 1.29 is 8.78 Å². The molecule has 0 saturated carbocycles. The number of hydrogen-bond acceptors (Lipinski definition) is 1. The van der Waals surface area contributed by atoms with E-state index in [1.165, 1.54) is 0 Å². The van der Waals surface area contributed by atoms with Crippen LogP contribution in [0.4, 0.5) is 8.78 Å². The maximum Gasteiger partial charge on any atom is 0.146 e. The van der Waals surface area contributed by atoms with E-state index < -0.39 is 16.7 Å². The Balaban J connectivity index is 2.95. The summed E-state index contributed by atoms with van der Waals surface area (Å²) in [6, 6.07) is 2.02. The van der Waals surface area contributed by atoms with Crippen LogP contribution in [0.2, 0.25) is 5.02 Å². The normalized spacial score (nSPS) is 8.73. The first-order valence-corrected chi connectivity index (χ1v) is 4.17. The number of halogens is 3. The van der Waals surface area contributed by atoms with Crippen molar-refractivity contribution in [2.24, 2.45) is 5.11 Å². The molecular formula is C9H4ClF2N3. The molecule has 0 aliphatic heterocycles. The van der Waals surface area contributed by atoms with E-state index in [0.29, 0.717) is 0 Å². The summed E-state index contributed by atoms with van der Waals surface area (Å²) >= 11 is 5.27. The van der Waals surface area contributed by atoms with Crippen LogP contribution in [-0.2, 0) is 0 Å².